The van der Waals surface area contributed by atoms with Gasteiger partial charge in [-0.2, -0.15) is 4.98 Å². The van der Waals surface area contributed by atoms with E-state index < -0.39 is 0 Å². The molecule has 1 aliphatic rings. The van der Waals surface area contributed by atoms with Crippen LogP contribution in [0.5, 0.6) is 0 Å². The number of hydrogen-bond donors (Lipinski definition) is 1. The average Bonchev–Trinajstić information content (AvgIpc) is 3.51. The fraction of sp³-hybridized carbons (Fsp3) is 0.231. The smallest absolute Gasteiger partial charge is 0.270 e. The molecule has 0 fully saturated rings. The van der Waals surface area contributed by atoms with E-state index >= 15 is 0 Å². The Morgan fingerprint density at radius 2 is 1.97 bits per heavy atom. The fourth-order valence-electron chi connectivity index (χ4n) is 4.69. The van der Waals surface area contributed by atoms with Gasteiger partial charge in [-0.15, -0.1) is 0 Å². The monoisotopic (exact) mass is 500 g/mol. The molecular formula is C26H25ClN8O. The Kier molecular flexibility index (Phi) is 5.58. The number of fused-ring (bicyclic) bond motifs is 4. The molecule has 0 saturated heterocycles. The van der Waals surface area contributed by atoms with Crippen LogP contribution in [-0.4, -0.2) is 62.5 Å². The van der Waals surface area contributed by atoms with Crippen molar-refractivity contribution in [1.29, 1.82) is 0 Å². The van der Waals surface area contributed by atoms with Crippen molar-refractivity contribution in [2.24, 2.45) is 0 Å². The molecule has 4 heterocycles. The molecule has 3 aromatic heterocycles. The number of hydrogen-bond acceptors (Lipinski definition) is 7. The molecule has 36 heavy (non-hydrogen) atoms. The lowest BCUT2D eigenvalue weighted by atomic mass is 10.1. The lowest BCUT2D eigenvalue weighted by molar-refractivity contribution is 0.414. The quantitative estimate of drug-likeness (QED) is 0.380. The van der Waals surface area contributed by atoms with Crippen LogP contribution in [0.1, 0.15) is 5.56 Å². The molecule has 0 aliphatic carbocycles. The predicted octanol–water partition coefficient (Wildman–Crippen LogP) is 3.75. The van der Waals surface area contributed by atoms with Gasteiger partial charge in [-0.3, -0.25) is 9.20 Å². The van der Waals surface area contributed by atoms with Gasteiger partial charge in [0.1, 0.15) is 5.39 Å². The molecule has 0 spiro atoms. The lowest BCUT2D eigenvalue weighted by Gasteiger charge is -2.21. The summed E-state index contributed by atoms with van der Waals surface area (Å²) in [5.41, 5.74) is 4.25. The van der Waals surface area contributed by atoms with E-state index in [1.165, 1.54) is 15.8 Å². The number of nitrogens with one attached hydrogen (secondary N) is 1. The first-order valence-electron chi connectivity index (χ1n) is 11.8. The van der Waals surface area contributed by atoms with Crippen LogP contribution in [0.3, 0.4) is 0 Å². The predicted molar refractivity (Wildman–Crippen MR) is 143 cm³/mol. The molecule has 0 amide bonds. The molecule has 0 bridgehead atoms. The molecule has 5 aromatic rings. The summed E-state index contributed by atoms with van der Waals surface area (Å²) in [5, 5.41) is 4.14. The van der Waals surface area contributed by atoms with Gasteiger partial charge in [0.25, 0.3) is 5.56 Å². The number of likely N-dealkylation sites (N-methyl/N-ethyl adjacent to an activating group) is 1. The molecule has 0 unspecified atom stereocenters. The summed E-state index contributed by atoms with van der Waals surface area (Å²) in [6.45, 7) is 3.05. The maximum Gasteiger partial charge on any atom is 0.270 e. The van der Waals surface area contributed by atoms with Gasteiger partial charge in [0, 0.05) is 49.6 Å². The zero-order valence-corrected chi connectivity index (χ0v) is 20.8. The standard InChI is InChI=1S/C26H25ClN8O/c1-32(2)13-14-33-11-9-17-15-18(7-8-21(17)33)30-25-29-16-19-23(31-25)34-12-10-28-26(34)35(24(19)36)22-6-4-3-5-20(22)27/h3-8,10,12,15-16H,9,11,13-14H2,1-2H3,(H,29,30,31). The maximum absolute atomic E-state index is 13.5. The van der Waals surface area contributed by atoms with Gasteiger partial charge in [-0.25, -0.2) is 14.5 Å². The number of para-hydroxylation sites is 1. The number of benzene rings is 2. The van der Waals surface area contributed by atoms with E-state index in [1.807, 2.05) is 18.2 Å². The Morgan fingerprint density at radius 1 is 1.11 bits per heavy atom. The summed E-state index contributed by atoms with van der Waals surface area (Å²) in [6.07, 6.45) is 5.97. The second-order valence-corrected chi connectivity index (χ2v) is 9.54. The van der Waals surface area contributed by atoms with Gasteiger partial charge in [-0.05, 0) is 56.4 Å². The molecule has 6 rings (SSSR count). The number of rotatable bonds is 6. The van der Waals surface area contributed by atoms with E-state index in [0.29, 0.717) is 33.5 Å². The fourth-order valence-corrected chi connectivity index (χ4v) is 4.91. The van der Waals surface area contributed by atoms with Gasteiger partial charge in [-0.1, -0.05) is 23.7 Å². The third kappa shape index (κ3) is 3.86. The number of halogens is 1. The highest BCUT2D eigenvalue weighted by molar-refractivity contribution is 6.32. The second kappa shape index (κ2) is 8.92. The summed E-state index contributed by atoms with van der Waals surface area (Å²) < 4.78 is 3.27. The molecule has 182 valence electrons. The van der Waals surface area contributed by atoms with Crippen LogP contribution in [0.15, 0.2) is 65.8 Å². The van der Waals surface area contributed by atoms with E-state index in [0.717, 1.165) is 31.7 Å². The second-order valence-electron chi connectivity index (χ2n) is 9.13. The molecular weight excluding hydrogens is 476 g/mol. The minimum atomic E-state index is -0.279. The van der Waals surface area contributed by atoms with Crippen LogP contribution < -0.4 is 15.8 Å². The molecule has 0 saturated carbocycles. The van der Waals surface area contributed by atoms with Crippen LogP contribution >= 0.6 is 11.6 Å². The molecule has 0 atom stereocenters. The van der Waals surface area contributed by atoms with Crippen LogP contribution in [0.25, 0.3) is 22.5 Å². The first-order chi connectivity index (χ1) is 17.5. The maximum atomic E-state index is 13.5. The van der Waals surface area contributed by atoms with Gasteiger partial charge in [0.15, 0.2) is 5.65 Å². The normalized spacial score (nSPS) is 13.2. The number of anilines is 3. The Labute approximate surface area is 212 Å². The Balaban J connectivity index is 1.36. The summed E-state index contributed by atoms with van der Waals surface area (Å²) >= 11 is 6.40. The van der Waals surface area contributed by atoms with Gasteiger partial charge in [0.05, 0.1) is 10.7 Å². The van der Waals surface area contributed by atoms with Crippen LogP contribution in [0, 0.1) is 0 Å². The zero-order chi connectivity index (χ0) is 24.8. The van der Waals surface area contributed by atoms with Crippen LogP contribution in [-0.2, 0) is 6.42 Å². The van der Waals surface area contributed by atoms with Crippen molar-refractivity contribution < 1.29 is 0 Å². The third-order valence-electron chi connectivity index (χ3n) is 6.49. The largest absolute Gasteiger partial charge is 0.370 e. The minimum absolute atomic E-state index is 0.279. The van der Waals surface area contributed by atoms with Gasteiger partial charge >= 0.3 is 0 Å². The summed E-state index contributed by atoms with van der Waals surface area (Å²) in [4.78, 5) is 31.6. The summed E-state index contributed by atoms with van der Waals surface area (Å²) in [6, 6.07) is 13.5. The topological polar surface area (TPSA) is 83.6 Å². The van der Waals surface area contributed by atoms with Gasteiger partial charge in [0.2, 0.25) is 11.7 Å². The van der Waals surface area contributed by atoms with E-state index in [2.05, 4.69) is 56.3 Å². The first kappa shape index (κ1) is 22.5. The Hall–Kier alpha value is -3.95. The zero-order valence-electron chi connectivity index (χ0n) is 20.0. The van der Waals surface area contributed by atoms with E-state index in [-0.39, 0.29) is 5.56 Å². The molecule has 0 radical (unpaired) electrons. The highest BCUT2D eigenvalue weighted by Gasteiger charge is 2.20. The van der Waals surface area contributed by atoms with Crippen molar-refractivity contribution in [2.75, 3.05) is 43.9 Å². The van der Waals surface area contributed by atoms with Crippen LogP contribution in [0.2, 0.25) is 5.02 Å². The molecule has 10 heteroatoms. The van der Waals surface area contributed by atoms with Crippen molar-refractivity contribution in [3.63, 3.8) is 0 Å². The van der Waals surface area contributed by atoms with E-state index in [9.17, 15) is 4.79 Å². The SMILES string of the molecule is CN(C)CCN1CCc2cc(Nc3ncc4c(=O)n(-c5ccccc5Cl)c5nccn5c4n3)ccc21. The molecule has 1 aliphatic heterocycles. The molecule has 9 nitrogen and oxygen atoms in total. The minimum Gasteiger partial charge on any atom is -0.370 e. The Bertz CT molecular complexity index is 1660. The van der Waals surface area contributed by atoms with Crippen molar-refractivity contribution in [3.8, 4) is 5.69 Å². The third-order valence-corrected chi connectivity index (χ3v) is 6.81. The first-order valence-corrected chi connectivity index (χ1v) is 12.2. The molecule has 1 N–H and O–H groups in total. The van der Waals surface area contributed by atoms with E-state index in [4.69, 9.17) is 11.6 Å². The van der Waals surface area contributed by atoms with Crippen molar-refractivity contribution >= 4 is 45.7 Å². The van der Waals surface area contributed by atoms with Gasteiger partial charge < -0.3 is 15.1 Å². The van der Waals surface area contributed by atoms with E-state index in [1.54, 1.807) is 35.1 Å². The number of imidazole rings is 1. The molecule has 2 aromatic carbocycles. The highest BCUT2D eigenvalue weighted by Crippen LogP contribution is 2.31. The summed E-state index contributed by atoms with van der Waals surface area (Å²) in [7, 11) is 4.19. The summed E-state index contributed by atoms with van der Waals surface area (Å²) in [5.74, 6) is 0.843. The Morgan fingerprint density at radius 3 is 2.81 bits per heavy atom. The number of nitrogens with zero attached hydrogens (tertiary/aromatic N) is 7. The lowest BCUT2D eigenvalue weighted by Crippen LogP contribution is -2.30. The van der Waals surface area contributed by atoms with Crippen LogP contribution in [0.4, 0.5) is 17.3 Å². The van der Waals surface area contributed by atoms with Crippen molar-refractivity contribution in [2.45, 2.75) is 6.42 Å². The van der Waals surface area contributed by atoms with Crippen molar-refractivity contribution in [3.05, 3.63) is 82.0 Å². The van der Waals surface area contributed by atoms with Crippen molar-refractivity contribution in [1.82, 2.24) is 28.8 Å². The highest BCUT2D eigenvalue weighted by atomic mass is 35.5. The number of aromatic nitrogens is 5. The average molecular weight is 501 g/mol.